The van der Waals surface area contributed by atoms with Crippen molar-refractivity contribution in [3.63, 3.8) is 0 Å². The molecule has 0 amide bonds. The molecule has 20 heavy (non-hydrogen) atoms. The fourth-order valence-corrected chi connectivity index (χ4v) is 2.65. The molecule has 0 fully saturated rings. The smallest absolute Gasteiger partial charge is 0.0561 e. The van der Waals surface area contributed by atoms with Crippen molar-refractivity contribution in [3.05, 3.63) is 71.3 Å². The van der Waals surface area contributed by atoms with Crippen molar-refractivity contribution in [3.8, 4) is 0 Å². The van der Waals surface area contributed by atoms with E-state index in [2.05, 4.69) is 28.7 Å². The molecule has 3 heteroatoms. The van der Waals surface area contributed by atoms with Gasteiger partial charge in [0.2, 0.25) is 0 Å². The van der Waals surface area contributed by atoms with Crippen LogP contribution in [0.2, 0.25) is 0 Å². The SMILES string of the molecule is ClC1=C(/C=N\Nc2ccccc2)CCc2ccccc21. The average molecular weight is 283 g/mol. The number of benzene rings is 2. The Hall–Kier alpha value is -2.06. The van der Waals surface area contributed by atoms with Crippen LogP contribution < -0.4 is 5.43 Å². The molecule has 0 bridgehead atoms. The van der Waals surface area contributed by atoms with Crippen LogP contribution in [0.15, 0.2) is 65.3 Å². The Morgan fingerprint density at radius 3 is 2.55 bits per heavy atom. The molecule has 0 aromatic heterocycles. The molecule has 0 radical (unpaired) electrons. The summed E-state index contributed by atoms with van der Waals surface area (Å²) in [6.45, 7) is 0. The maximum atomic E-state index is 6.46. The van der Waals surface area contributed by atoms with E-state index >= 15 is 0 Å². The minimum Gasteiger partial charge on any atom is -0.279 e. The number of hydrogen-bond acceptors (Lipinski definition) is 2. The Bertz CT molecular complexity index is 660. The lowest BCUT2D eigenvalue weighted by Crippen LogP contribution is -2.04. The van der Waals surface area contributed by atoms with E-state index in [1.807, 2.05) is 42.6 Å². The first kappa shape index (κ1) is 12.9. The van der Waals surface area contributed by atoms with Gasteiger partial charge in [-0.25, -0.2) is 0 Å². The summed E-state index contributed by atoms with van der Waals surface area (Å²) in [6.07, 6.45) is 3.76. The van der Waals surface area contributed by atoms with Crippen molar-refractivity contribution < 1.29 is 0 Å². The molecule has 0 spiro atoms. The number of hydrogen-bond donors (Lipinski definition) is 1. The van der Waals surface area contributed by atoms with Gasteiger partial charge in [-0.05, 0) is 41.7 Å². The van der Waals surface area contributed by atoms with Crippen LogP contribution in [0.5, 0.6) is 0 Å². The second-order valence-corrected chi connectivity index (χ2v) is 5.11. The zero-order valence-electron chi connectivity index (χ0n) is 11.0. The molecule has 1 aliphatic rings. The fraction of sp³-hybridized carbons (Fsp3) is 0.118. The van der Waals surface area contributed by atoms with Crippen LogP contribution in [0, 0.1) is 0 Å². The third kappa shape index (κ3) is 2.75. The van der Waals surface area contributed by atoms with E-state index in [1.54, 1.807) is 0 Å². The summed E-state index contributed by atoms with van der Waals surface area (Å²) in [6, 6.07) is 18.1. The maximum Gasteiger partial charge on any atom is 0.0561 e. The van der Waals surface area contributed by atoms with Crippen LogP contribution in [-0.4, -0.2) is 6.21 Å². The molecular weight excluding hydrogens is 268 g/mol. The van der Waals surface area contributed by atoms with E-state index in [1.165, 1.54) is 5.56 Å². The quantitative estimate of drug-likeness (QED) is 0.641. The van der Waals surface area contributed by atoms with E-state index in [4.69, 9.17) is 11.6 Å². The minimum absolute atomic E-state index is 0.811. The number of para-hydroxylation sites is 1. The van der Waals surface area contributed by atoms with Crippen molar-refractivity contribution in [1.29, 1.82) is 0 Å². The van der Waals surface area contributed by atoms with Crippen LogP contribution in [0.1, 0.15) is 17.5 Å². The Morgan fingerprint density at radius 2 is 1.70 bits per heavy atom. The van der Waals surface area contributed by atoms with Crippen LogP contribution in [0.25, 0.3) is 5.03 Å². The molecule has 0 saturated carbocycles. The molecule has 0 unspecified atom stereocenters. The molecule has 3 rings (SSSR count). The lowest BCUT2D eigenvalue weighted by atomic mass is 9.92. The second kappa shape index (κ2) is 5.93. The number of anilines is 1. The molecule has 2 aromatic rings. The van der Waals surface area contributed by atoms with Gasteiger partial charge in [0.15, 0.2) is 0 Å². The lowest BCUT2D eigenvalue weighted by Gasteiger charge is -2.17. The van der Waals surface area contributed by atoms with E-state index in [0.717, 1.165) is 34.7 Å². The molecule has 2 aromatic carbocycles. The van der Waals surface area contributed by atoms with Crippen LogP contribution in [0.3, 0.4) is 0 Å². The zero-order valence-corrected chi connectivity index (χ0v) is 11.8. The minimum atomic E-state index is 0.811. The van der Waals surface area contributed by atoms with Gasteiger partial charge in [0, 0.05) is 0 Å². The van der Waals surface area contributed by atoms with Gasteiger partial charge in [-0.2, -0.15) is 5.10 Å². The molecule has 0 heterocycles. The molecule has 0 atom stereocenters. The topological polar surface area (TPSA) is 24.4 Å². The predicted octanol–water partition coefficient (Wildman–Crippen LogP) is 4.68. The first-order valence-electron chi connectivity index (χ1n) is 6.65. The van der Waals surface area contributed by atoms with Crippen LogP contribution in [-0.2, 0) is 6.42 Å². The summed E-state index contributed by atoms with van der Waals surface area (Å²) in [7, 11) is 0. The summed E-state index contributed by atoms with van der Waals surface area (Å²) < 4.78 is 0. The zero-order chi connectivity index (χ0) is 13.8. The van der Waals surface area contributed by atoms with Gasteiger partial charge in [-0.3, -0.25) is 5.43 Å². The number of nitrogens with zero attached hydrogens (tertiary/aromatic N) is 1. The second-order valence-electron chi connectivity index (χ2n) is 4.73. The summed E-state index contributed by atoms with van der Waals surface area (Å²) in [5, 5.41) is 5.08. The third-order valence-electron chi connectivity index (χ3n) is 3.39. The Labute approximate surface area is 123 Å². The van der Waals surface area contributed by atoms with Gasteiger partial charge in [0.05, 0.1) is 16.9 Å². The normalized spacial score (nSPS) is 14.4. The summed E-state index contributed by atoms with van der Waals surface area (Å²) >= 11 is 6.46. The fourth-order valence-electron chi connectivity index (χ4n) is 2.32. The van der Waals surface area contributed by atoms with Crippen molar-refractivity contribution in [2.45, 2.75) is 12.8 Å². The molecule has 0 saturated heterocycles. The molecule has 1 N–H and O–H groups in total. The first-order valence-corrected chi connectivity index (χ1v) is 7.03. The Kier molecular flexibility index (Phi) is 3.84. The highest BCUT2D eigenvalue weighted by molar-refractivity contribution is 6.50. The summed E-state index contributed by atoms with van der Waals surface area (Å²) in [4.78, 5) is 0. The van der Waals surface area contributed by atoms with Crippen molar-refractivity contribution in [2.75, 3.05) is 5.43 Å². The monoisotopic (exact) mass is 282 g/mol. The standard InChI is InChI=1S/C17H15ClN2/c18-17-14(11-10-13-6-4-5-9-16(13)17)12-19-20-15-7-2-1-3-8-15/h1-9,12,20H,10-11H2/b19-12-. The summed E-state index contributed by atoms with van der Waals surface area (Å²) in [5.74, 6) is 0. The highest BCUT2D eigenvalue weighted by Gasteiger charge is 2.15. The van der Waals surface area contributed by atoms with Crippen molar-refractivity contribution in [1.82, 2.24) is 0 Å². The highest BCUT2D eigenvalue weighted by Crippen LogP contribution is 2.33. The Balaban J connectivity index is 1.78. The predicted molar refractivity (Wildman–Crippen MR) is 86.1 cm³/mol. The third-order valence-corrected chi connectivity index (χ3v) is 3.83. The first-order chi connectivity index (χ1) is 9.84. The van der Waals surface area contributed by atoms with E-state index in [-0.39, 0.29) is 0 Å². The van der Waals surface area contributed by atoms with Gasteiger partial charge in [0.1, 0.15) is 0 Å². The van der Waals surface area contributed by atoms with Gasteiger partial charge < -0.3 is 0 Å². The number of hydrazone groups is 1. The molecule has 0 aliphatic heterocycles. The lowest BCUT2D eigenvalue weighted by molar-refractivity contribution is 0.960. The van der Waals surface area contributed by atoms with Crippen molar-refractivity contribution >= 4 is 28.5 Å². The molecule has 2 nitrogen and oxygen atoms in total. The van der Waals surface area contributed by atoms with Crippen LogP contribution in [0.4, 0.5) is 5.69 Å². The number of nitrogens with one attached hydrogen (secondary N) is 1. The molecule has 1 aliphatic carbocycles. The summed E-state index contributed by atoms with van der Waals surface area (Å²) in [5.41, 5.74) is 7.50. The number of halogens is 1. The Morgan fingerprint density at radius 1 is 0.950 bits per heavy atom. The molecule has 100 valence electrons. The largest absolute Gasteiger partial charge is 0.279 e. The maximum absolute atomic E-state index is 6.46. The van der Waals surface area contributed by atoms with Crippen molar-refractivity contribution in [2.24, 2.45) is 5.10 Å². The van der Waals surface area contributed by atoms with Gasteiger partial charge in [-0.1, -0.05) is 54.1 Å². The van der Waals surface area contributed by atoms with Gasteiger partial charge in [0.25, 0.3) is 0 Å². The average Bonchev–Trinajstić information content (AvgIpc) is 2.51. The van der Waals surface area contributed by atoms with Crippen LogP contribution >= 0.6 is 11.6 Å². The number of aryl methyl sites for hydroxylation is 1. The van der Waals surface area contributed by atoms with E-state index in [0.29, 0.717) is 0 Å². The number of rotatable bonds is 3. The van der Waals surface area contributed by atoms with E-state index in [9.17, 15) is 0 Å². The number of fused-ring (bicyclic) bond motifs is 1. The van der Waals surface area contributed by atoms with Gasteiger partial charge >= 0.3 is 0 Å². The number of allylic oxidation sites excluding steroid dienone is 1. The molecular formula is C17H15ClN2. The van der Waals surface area contributed by atoms with E-state index < -0.39 is 0 Å². The highest BCUT2D eigenvalue weighted by atomic mass is 35.5. The van der Waals surface area contributed by atoms with Gasteiger partial charge in [-0.15, -0.1) is 0 Å².